The molecule has 0 spiro atoms. The topological polar surface area (TPSA) is 72.8 Å². The van der Waals surface area contributed by atoms with E-state index in [1.165, 1.54) is 0 Å². The normalized spacial score (nSPS) is 9.85. The molecular formula is C15H16O5. The summed E-state index contributed by atoms with van der Waals surface area (Å²) in [5.74, 6) is -1.34. The SMILES string of the molecule is C=C(COCC(=C)C(=O)Oc1ccc(C)cc1)C(=O)O. The van der Waals surface area contributed by atoms with Gasteiger partial charge in [0, 0.05) is 0 Å². The van der Waals surface area contributed by atoms with Crippen molar-refractivity contribution in [2.75, 3.05) is 13.2 Å². The third kappa shape index (κ3) is 5.07. The van der Waals surface area contributed by atoms with Crippen molar-refractivity contribution >= 4 is 11.9 Å². The van der Waals surface area contributed by atoms with Crippen molar-refractivity contribution in [2.45, 2.75) is 6.92 Å². The van der Waals surface area contributed by atoms with Gasteiger partial charge in [-0.05, 0) is 19.1 Å². The number of ether oxygens (including phenoxy) is 2. The van der Waals surface area contributed by atoms with Crippen LogP contribution in [-0.4, -0.2) is 30.3 Å². The zero-order chi connectivity index (χ0) is 15.1. The van der Waals surface area contributed by atoms with Crippen LogP contribution < -0.4 is 4.74 Å². The number of carbonyl (C=O) groups excluding carboxylic acids is 1. The third-order valence-electron chi connectivity index (χ3n) is 2.38. The van der Waals surface area contributed by atoms with Gasteiger partial charge < -0.3 is 14.6 Å². The van der Waals surface area contributed by atoms with E-state index in [9.17, 15) is 9.59 Å². The maximum Gasteiger partial charge on any atom is 0.341 e. The monoisotopic (exact) mass is 276 g/mol. The van der Waals surface area contributed by atoms with E-state index in [0.29, 0.717) is 5.75 Å². The van der Waals surface area contributed by atoms with Crippen LogP contribution in [0, 0.1) is 6.92 Å². The van der Waals surface area contributed by atoms with Gasteiger partial charge in [-0.15, -0.1) is 0 Å². The Morgan fingerprint density at radius 2 is 1.65 bits per heavy atom. The van der Waals surface area contributed by atoms with Gasteiger partial charge in [-0.2, -0.15) is 0 Å². The summed E-state index contributed by atoms with van der Waals surface area (Å²) in [5.41, 5.74) is 1.06. The van der Waals surface area contributed by atoms with Crippen LogP contribution in [0.3, 0.4) is 0 Å². The molecule has 20 heavy (non-hydrogen) atoms. The number of benzene rings is 1. The number of carbonyl (C=O) groups is 2. The predicted molar refractivity (Wildman–Crippen MR) is 73.5 cm³/mol. The zero-order valence-corrected chi connectivity index (χ0v) is 11.2. The molecule has 1 rings (SSSR count). The zero-order valence-electron chi connectivity index (χ0n) is 11.2. The van der Waals surface area contributed by atoms with Gasteiger partial charge in [0.2, 0.25) is 0 Å². The van der Waals surface area contributed by atoms with Gasteiger partial charge in [-0.25, -0.2) is 9.59 Å². The van der Waals surface area contributed by atoms with E-state index >= 15 is 0 Å². The quantitative estimate of drug-likeness (QED) is 0.469. The van der Waals surface area contributed by atoms with E-state index in [2.05, 4.69) is 13.2 Å². The van der Waals surface area contributed by atoms with Gasteiger partial charge in [-0.1, -0.05) is 30.9 Å². The molecular weight excluding hydrogens is 260 g/mol. The Labute approximate surface area is 117 Å². The van der Waals surface area contributed by atoms with Gasteiger partial charge in [0.1, 0.15) is 5.75 Å². The fourth-order valence-corrected chi connectivity index (χ4v) is 1.20. The second kappa shape index (κ2) is 7.25. The highest BCUT2D eigenvalue weighted by Crippen LogP contribution is 2.13. The molecule has 5 nitrogen and oxygen atoms in total. The molecule has 0 aliphatic heterocycles. The van der Waals surface area contributed by atoms with E-state index in [4.69, 9.17) is 14.6 Å². The number of aryl methyl sites for hydroxylation is 1. The highest BCUT2D eigenvalue weighted by Gasteiger charge is 2.11. The van der Waals surface area contributed by atoms with Crippen molar-refractivity contribution in [3.8, 4) is 5.75 Å². The largest absolute Gasteiger partial charge is 0.478 e. The molecule has 0 heterocycles. The summed E-state index contributed by atoms with van der Waals surface area (Å²) in [5, 5.41) is 8.58. The van der Waals surface area contributed by atoms with Crippen LogP contribution in [0.15, 0.2) is 48.6 Å². The first-order valence-electron chi connectivity index (χ1n) is 5.85. The molecule has 0 atom stereocenters. The Kier molecular flexibility index (Phi) is 5.68. The highest BCUT2D eigenvalue weighted by molar-refractivity contribution is 5.89. The second-order valence-corrected chi connectivity index (χ2v) is 4.21. The number of esters is 1. The van der Waals surface area contributed by atoms with Gasteiger partial charge in [0.25, 0.3) is 0 Å². The number of carboxylic acids is 1. The smallest absolute Gasteiger partial charge is 0.341 e. The maximum absolute atomic E-state index is 11.7. The van der Waals surface area contributed by atoms with E-state index in [1.54, 1.807) is 12.1 Å². The first kappa shape index (κ1) is 15.7. The van der Waals surface area contributed by atoms with Crippen molar-refractivity contribution in [1.82, 2.24) is 0 Å². The lowest BCUT2D eigenvalue weighted by Gasteiger charge is -2.08. The van der Waals surface area contributed by atoms with Crippen molar-refractivity contribution < 1.29 is 24.2 Å². The van der Waals surface area contributed by atoms with E-state index in [1.807, 2.05) is 19.1 Å². The number of hydrogen-bond donors (Lipinski definition) is 1. The summed E-state index contributed by atoms with van der Waals surface area (Å²) >= 11 is 0. The molecule has 106 valence electrons. The summed E-state index contributed by atoms with van der Waals surface area (Å²) in [6.07, 6.45) is 0. The van der Waals surface area contributed by atoms with Crippen molar-refractivity contribution in [3.05, 3.63) is 54.1 Å². The summed E-state index contributed by atoms with van der Waals surface area (Å²) in [6, 6.07) is 6.98. The second-order valence-electron chi connectivity index (χ2n) is 4.21. The van der Waals surface area contributed by atoms with E-state index < -0.39 is 11.9 Å². The standard InChI is InChI=1S/C15H16O5/c1-10-4-6-13(7-5-10)20-15(18)12(3)9-19-8-11(2)14(16)17/h4-7H,2-3,8-9H2,1H3,(H,16,17). The molecule has 0 aliphatic carbocycles. The lowest BCUT2D eigenvalue weighted by atomic mass is 10.2. The van der Waals surface area contributed by atoms with Gasteiger partial charge >= 0.3 is 11.9 Å². The molecule has 5 heteroatoms. The molecule has 0 aliphatic rings. The maximum atomic E-state index is 11.7. The Hall–Kier alpha value is -2.40. The van der Waals surface area contributed by atoms with Crippen LogP contribution in [0.5, 0.6) is 5.75 Å². The summed E-state index contributed by atoms with van der Waals surface area (Å²) in [4.78, 5) is 22.2. The predicted octanol–water partition coefficient (Wildman–Crippen LogP) is 2.11. The van der Waals surface area contributed by atoms with E-state index in [0.717, 1.165) is 5.56 Å². The van der Waals surface area contributed by atoms with Crippen LogP contribution in [0.25, 0.3) is 0 Å². The highest BCUT2D eigenvalue weighted by atomic mass is 16.5. The van der Waals surface area contributed by atoms with Crippen LogP contribution in [-0.2, 0) is 14.3 Å². The van der Waals surface area contributed by atoms with Gasteiger partial charge in [0.05, 0.1) is 24.4 Å². The van der Waals surface area contributed by atoms with Crippen molar-refractivity contribution in [2.24, 2.45) is 0 Å². The molecule has 0 bridgehead atoms. The number of carboxylic acid groups (broad SMARTS) is 1. The molecule has 0 amide bonds. The van der Waals surface area contributed by atoms with Crippen LogP contribution in [0.4, 0.5) is 0 Å². The van der Waals surface area contributed by atoms with Crippen molar-refractivity contribution in [3.63, 3.8) is 0 Å². The number of aliphatic carboxylic acids is 1. The first-order valence-corrected chi connectivity index (χ1v) is 5.85. The third-order valence-corrected chi connectivity index (χ3v) is 2.38. The van der Waals surface area contributed by atoms with Gasteiger partial charge in [0.15, 0.2) is 0 Å². The lowest BCUT2D eigenvalue weighted by molar-refractivity contribution is -0.133. The summed E-state index contributed by atoms with van der Waals surface area (Å²) in [6.45, 7) is 8.47. The molecule has 0 saturated heterocycles. The lowest BCUT2D eigenvalue weighted by Crippen LogP contribution is -2.16. The average Bonchev–Trinajstić information content (AvgIpc) is 2.40. The molecule has 0 unspecified atom stereocenters. The Morgan fingerprint density at radius 1 is 1.10 bits per heavy atom. The Morgan fingerprint density at radius 3 is 2.20 bits per heavy atom. The molecule has 1 aromatic rings. The minimum absolute atomic E-state index is 0.0929. The molecule has 0 aromatic heterocycles. The number of rotatable bonds is 7. The van der Waals surface area contributed by atoms with E-state index in [-0.39, 0.29) is 24.4 Å². The molecule has 1 N–H and O–H groups in total. The van der Waals surface area contributed by atoms with Crippen molar-refractivity contribution in [1.29, 1.82) is 0 Å². The molecule has 1 aromatic carbocycles. The van der Waals surface area contributed by atoms with Crippen LogP contribution in [0.1, 0.15) is 5.56 Å². The molecule has 0 saturated carbocycles. The fraction of sp³-hybridized carbons (Fsp3) is 0.200. The first-order chi connectivity index (χ1) is 9.40. The van der Waals surface area contributed by atoms with Gasteiger partial charge in [-0.3, -0.25) is 0 Å². The Balaban J connectivity index is 2.40. The molecule has 0 fully saturated rings. The number of hydrogen-bond acceptors (Lipinski definition) is 4. The van der Waals surface area contributed by atoms with Crippen LogP contribution >= 0.6 is 0 Å². The average molecular weight is 276 g/mol. The Bertz CT molecular complexity index is 528. The summed E-state index contributed by atoms with van der Waals surface area (Å²) < 4.78 is 10.1. The molecule has 0 radical (unpaired) electrons. The minimum atomic E-state index is -1.14. The summed E-state index contributed by atoms with van der Waals surface area (Å²) in [7, 11) is 0. The van der Waals surface area contributed by atoms with Crippen LogP contribution in [0.2, 0.25) is 0 Å². The fourth-order valence-electron chi connectivity index (χ4n) is 1.20. The minimum Gasteiger partial charge on any atom is -0.478 e.